The molecular formula is C11H13NO2. The molecule has 74 valence electrons. The molecule has 3 heteroatoms. The van der Waals surface area contributed by atoms with Gasteiger partial charge in [0, 0.05) is 17.7 Å². The van der Waals surface area contributed by atoms with Crippen molar-refractivity contribution in [3.63, 3.8) is 0 Å². The quantitative estimate of drug-likeness (QED) is 0.733. The van der Waals surface area contributed by atoms with Crippen molar-refractivity contribution in [2.45, 2.75) is 0 Å². The summed E-state index contributed by atoms with van der Waals surface area (Å²) in [7, 11) is 1.59. The zero-order chi connectivity index (χ0) is 10.4. The standard InChI is InChI=1S/C11H13NO2/c1-14-11-5-4-9(8-13)7-10(11)3-2-6-12/h2-5,7-8H,6,12H2,1H3. The van der Waals surface area contributed by atoms with Gasteiger partial charge in [0.05, 0.1) is 7.11 Å². The summed E-state index contributed by atoms with van der Waals surface area (Å²) in [5, 5.41) is 0. The van der Waals surface area contributed by atoms with E-state index in [1.807, 2.05) is 12.2 Å². The molecule has 0 unspecified atom stereocenters. The van der Waals surface area contributed by atoms with Gasteiger partial charge >= 0.3 is 0 Å². The highest BCUT2D eigenvalue weighted by atomic mass is 16.5. The van der Waals surface area contributed by atoms with Crippen molar-refractivity contribution >= 4 is 12.4 Å². The zero-order valence-electron chi connectivity index (χ0n) is 8.07. The highest BCUT2D eigenvalue weighted by Crippen LogP contribution is 2.20. The van der Waals surface area contributed by atoms with Gasteiger partial charge in [0.25, 0.3) is 0 Å². The van der Waals surface area contributed by atoms with Crippen LogP contribution >= 0.6 is 0 Å². The van der Waals surface area contributed by atoms with Crippen molar-refractivity contribution in [2.24, 2.45) is 5.73 Å². The second-order valence-electron chi connectivity index (χ2n) is 2.76. The van der Waals surface area contributed by atoms with E-state index in [1.165, 1.54) is 0 Å². The molecular weight excluding hydrogens is 178 g/mol. The number of ether oxygens (including phenoxy) is 1. The smallest absolute Gasteiger partial charge is 0.150 e. The summed E-state index contributed by atoms with van der Waals surface area (Å²) in [4.78, 5) is 10.5. The first-order valence-electron chi connectivity index (χ1n) is 4.31. The van der Waals surface area contributed by atoms with Crippen LogP contribution in [0.15, 0.2) is 24.3 Å². The van der Waals surface area contributed by atoms with E-state index in [0.29, 0.717) is 12.1 Å². The molecule has 0 saturated carbocycles. The van der Waals surface area contributed by atoms with Gasteiger partial charge in [0.2, 0.25) is 0 Å². The molecule has 3 nitrogen and oxygen atoms in total. The van der Waals surface area contributed by atoms with Crippen LogP contribution < -0.4 is 10.5 Å². The average molecular weight is 191 g/mol. The Kier molecular flexibility index (Phi) is 3.88. The number of rotatable bonds is 4. The first-order valence-corrected chi connectivity index (χ1v) is 4.31. The van der Waals surface area contributed by atoms with Crippen LogP contribution in [-0.4, -0.2) is 19.9 Å². The van der Waals surface area contributed by atoms with E-state index in [2.05, 4.69) is 0 Å². The van der Waals surface area contributed by atoms with Gasteiger partial charge in [0.15, 0.2) is 0 Å². The van der Waals surface area contributed by atoms with Gasteiger partial charge in [0.1, 0.15) is 12.0 Å². The van der Waals surface area contributed by atoms with Crippen LogP contribution in [0, 0.1) is 0 Å². The zero-order valence-corrected chi connectivity index (χ0v) is 8.07. The van der Waals surface area contributed by atoms with Crippen molar-refractivity contribution in [3.05, 3.63) is 35.4 Å². The summed E-state index contributed by atoms with van der Waals surface area (Å²) in [5.74, 6) is 0.736. The van der Waals surface area contributed by atoms with E-state index in [1.54, 1.807) is 25.3 Å². The Morgan fingerprint density at radius 3 is 2.86 bits per heavy atom. The average Bonchev–Trinajstić information content (AvgIpc) is 2.25. The highest BCUT2D eigenvalue weighted by Gasteiger charge is 2.00. The first kappa shape index (κ1) is 10.5. The van der Waals surface area contributed by atoms with E-state index >= 15 is 0 Å². The molecule has 0 atom stereocenters. The summed E-state index contributed by atoms with van der Waals surface area (Å²) in [5.41, 5.74) is 6.83. The summed E-state index contributed by atoms with van der Waals surface area (Å²) in [6.07, 6.45) is 4.46. The molecule has 0 heterocycles. The van der Waals surface area contributed by atoms with E-state index < -0.39 is 0 Å². The molecule has 0 bridgehead atoms. The molecule has 0 aromatic heterocycles. The fourth-order valence-electron chi connectivity index (χ4n) is 1.15. The molecule has 0 amide bonds. The molecule has 0 aliphatic rings. The van der Waals surface area contributed by atoms with Crippen molar-refractivity contribution < 1.29 is 9.53 Å². The predicted molar refractivity (Wildman–Crippen MR) is 56.5 cm³/mol. The number of nitrogens with two attached hydrogens (primary N) is 1. The van der Waals surface area contributed by atoms with Crippen molar-refractivity contribution in [3.8, 4) is 5.75 Å². The van der Waals surface area contributed by atoms with Crippen LogP contribution in [0.3, 0.4) is 0 Å². The minimum Gasteiger partial charge on any atom is -0.496 e. The maximum Gasteiger partial charge on any atom is 0.150 e. The number of methoxy groups -OCH3 is 1. The molecule has 1 rings (SSSR count). The molecule has 2 N–H and O–H groups in total. The lowest BCUT2D eigenvalue weighted by Crippen LogP contribution is -1.93. The molecule has 0 radical (unpaired) electrons. The predicted octanol–water partition coefficient (Wildman–Crippen LogP) is 1.48. The fourth-order valence-corrected chi connectivity index (χ4v) is 1.15. The van der Waals surface area contributed by atoms with E-state index in [9.17, 15) is 4.79 Å². The molecule has 1 aromatic rings. The molecule has 0 aliphatic carbocycles. The highest BCUT2D eigenvalue weighted by molar-refractivity contribution is 5.77. The second-order valence-corrected chi connectivity index (χ2v) is 2.76. The normalized spacial score (nSPS) is 10.4. The minimum absolute atomic E-state index is 0.467. The minimum atomic E-state index is 0.467. The number of aldehydes is 1. The van der Waals surface area contributed by atoms with Crippen LogP contribution in [0.25, 0.3) is 6.08 Å². The maximum absolute atomic E-state index is 10.5. The van der Waals surface area contributed by atoms with E-state index in [-0.39, 0.29) is 0 Å². The third-order valence-electron chi connectivity index (χ3n) is 1.82. The van der Waals surface area contributed by atoms with Crippen molar-refractivity contribution in [1.29, 1.82) is 0 Å². The Bertz CT molecular complexity index is 345. The molecule has 0 fully saturated rings. The number of benzene rings is 1. The van der Waals surface area contributed by atoms with Gasteiger partial charge in [-0.2, -0.15) is 0 Å². The maximum atomic E-state index is 10.5. The topological polar surface area (TPSA) is 52.3 Å². The van der Waals surface area contributed by atoms with Crippen LogP contribution in [0.1, 0.15) is 15.9 Å². The molecule has 1 aromatic carbocycles. The number of hydrogen-bond acceptors (Lipinski definition) is 3. The van der Waals surface area contributed by atoms with Crippen molar-refractivity contribution in [2.75, 3.05) is 13.7 Å². The number of carbonyl (C=O) groups is 1. The Labute approximate surface area is 83.2 Å². The molecule has 0 saturated heterocycles. The third-order valence-corrected chi connectivity index (χ3v) is 1.82. The van der Waals surface area contributed by atoms with Crippen LogP contribution in [-0.2, 0) is 0 Å². The Morgan fingerprint density at radius 1 is 1.50 bits per heavy atom. The third kappa shape index (κ3) is 2.44. The number of hydrogen-bond donors (Lipinski definition) is 1. The Morgan fingerprint density at radius 2 is 2.29 bits per heavy atom. The van der Waals surface area contributed by atoms with Gasteiger partial charge in [-0.05, 0) is 18.2 Å². The van der Waals surface area contributed by atoms with E-state index in [0.717, 1.165) is 17.6 Å². The van der Waals surface area contributed by atoms with Crippen LogP contribution in [0.5, 0.6) is 5.75 Å². The SMILES string of the molecule is COc1ccc(C=O)cc1C=CCN. The molecule has 0 spiro atoms. The largest absolute Gasteiger partial charge is 0.496 e. The monoisotopic (exact) mass is 191 g/mol. The second kappa shape index (κ2) is 5.19. The fraction of sp³-hybridized carbons (Fsp3) is 0.182. The Balaban J connectivity index is 3.07. The summed E-state index contributed by atoms with van der Waals surface area (Å²) in [6, 6.07) is 5.24. The summed E-state index contributed by atoms with van der Waals surface area (Å²) >= 11 is 0. The summed E-state index contributed by atoms with van der Waals surface area (Å²) in [6.45, 7) is 0.467. The lowest BCUT2D eigenvalue weighted by molar-refractivity contribution is 0.112. The molecule has 0 aliphatic heterocycles. The van der Waals surface area contributed by atoms with Gasteiger partial charge < -0.3 is 10.5 Å². The van der Waals surface area contributed by atoms with E-state index in [4.69, 9.17) is 10.5 Å². The van der Waals surface area contributed by atoms with Crippen LogP contribution in [0.2, 0.25) is 0 Å². The Hall–Kier alpha value is -1.61. The van der Waals surface area contributed by atoms with Gasteiger partial charge in [-0.3, -0.25) is 4.79 Å². The van der Waals surface area contributed by atoms with Gasteiger partial charge in [-0.1, -0.05) is 12.2 Å². The first-order chi connectivity index (χ1) is 6.81. The summed E-state index contributed by atoms with van der Waals surface area (Å²) < 4.78 is 5.13. The van der Waals surface area contributed by atoms with Gasteiger partial charge in [-0.15, -0.1) is 0 Å². The lowest BCUT2D eigenvalue weighted by Gasteiger charge is -2.04. The lowest BCUT2D eigenvalue weighted by atomic mass is 10.1. The van der Waals surface area contributed by atoms with Crippen molar-refractivity contribution in [1.82, 2.24) is 0 Å². The molecule has 14 heavy (non-hydrogen) atoms. The van der Waals surface area contributed by atoms with Crippen LogP contribution in [0.4, 0.5) is 0 Å². The van der Waals surface area contributed by atoms with Gasteiger partial charge in [-0.25, -0.2) is 0 Å². The number of carbonyl (C=O) groups excluding carboxylic acids is 1.